The summed E-state index contributed by atoms with van der Waals surface area (Å²) in [5.74, 6) is -1.06. The summed E-state index contributed by atoms with van der Waals surface area (Å²) in [6.07, 6.45) is 6.82. The number of esters is 1. The maximum atomic E-state index is 13.9. The summed E-state index contributed by atoms with van der Waals surface area (Å²) in [5, 5.41) is 6.49. The van der Waals surface area contributed by atoms with Crippen molar-refractivity contribution in [3.05, 3.63) is 70.9 Å². The van der Waals surface area contributed by atoms with E-state index in [-0.39, 0.29) is 42.1 Å². The topological polar surface area (TPSA) is 174 Å². The number of anilines is 1. The van der Waals surface area contributed by atoms with Crippen LogP contribution in [0.3, 0.4) is 0 Å². The molecule has 1 aromatic carbocycles. The van der Waals surface area contributed by atoms with E-state index in [4.69, 9.17) is 20.9 Å². The fourth-order valence-corrected chi connectivity index (χ4v) is 5.82. The molecule has 0 bridgehead atoms. The van der Waals surface area contributed by atoms with Crippen molar-refractivity contribution in [3.8, 4) is 0 Å². The van der Waals surface area contributed by atoms with Gasteiger partial charge in [-0.25, -0.2) is 9.78 Å². The van der Waals surface area contributed by atoms with Gasteiger partial charge in [-0.15, -0.1) is 0 Å². The van der Waals surface area contributed by atoms with Crippen LogP contribution in [-0.4, -0.2) is 66.4 Å². The number of carbonyl (C=O) groups excluding carboxylic acids is 3. The number of pyridine rings is 1. The van der Waals surface area contributed by atoms with Crippen LogP contribution in [0, 0.1) is 5.92 Å². The molecule has 0 spiro atoms. The van der Waals surface area contributed by atoms with Gasteiger partial charge in [-0.1, -0.05) is 62.6 Å². The molecular formula is C33H44N6O5. The lowest BCUT2D eigenvalue weighted by atomic mass is 9.72. The molecule has 0 saturated carbocycles. The number of fused-ring (bicyclic) bond motifs is 2. The Morgan fingerprint density at radius 3 is 2.57 bits per heavy atom. The number of benzene rings is 1. The van der Waals surface area contributed by atoms with Crippen LogP contribution >= 0.6 is 0 Å². The van der Waals surface area contributed by atoms with Crippen molar-refractivity contribution in [3.63, 3.8) is 0 Å². The number of guanidine groups is 1. The molecule has 0 radical (unpaired) electrons. The SMILES string of the molecule is CCCCC(CNCC)COC(=O)C12OC1(CC=C(C)CC(NC(N)=NC)c1ccnc(N)c1)C(=O)c1ccccc1C2=O. The first-order valence-corrected chi connectivity index (χ1v) is 15.3. The third kappa shape index (κ3) is 6.53. The summed E-state index contributed by atoms with van der Waals surface area (Å²) in [6.45, 7) is 7.65. The fraction of sp³-hybridized carbons (Fsp3) is 0.485. The van der Waals surface area contributed by atoms with Crippen molar-refractivity contribution < 1.29 is 23.9 Å². The van der Waals surface area contributed by atoms with Crippen LogP contribution in [0.15, 0.2) is 59.2 Å². The summed E-state index contributed by atoms with van der Waals surface area (Å²) in [5.41, 5.74) is 10.4. The number of unbranched alkanes of at least 4 members (excludes halogenated alkanes) is 1. The number of nitrogens with zero attached hydrogens (tertiary/aromatic N) is 2. The largest absolute Gasteiger partial charge is 0.463 e. The Bertz CT molecular complexity index is 1430. The minimum Gasteiger partial charge on any atom is -0.463 e. The number of ether oxygens (including phenoxy) is 2. The van der Waals surface area contributed by atoms with Crippen LogP contribution in [0.2, 0.25) is 0 Å². The number of nitrogens with one attached hydrogen (secondary N) is 2. The second kappa shape index (κ2) is 14.1. The number of epoxide rings is 1. The van der Waals surface area contributed by atoms with Crippen molar-refractivity contribution in [2.75, 3.05) is 32.5 Å². The van der Waals surface area contributed by atoms with Crippen molar-refractivity contribution >= 4 is 29.3 Å². The molecule has 44 heavy (non-hydrogen) atoms. The average molecular weight is 605 g/mol. The Kier molecular flexibility index (Phi) is 10.5. The molecule has 1 aliphatic carbocycles. The molecule has 4 rings (SSSR count). The highest BCUT2D eigenvalue weighted by molar-refractivity contribution is 6.32. The van der Waals surface area contributed by atoms with E-state index < -0.39 is 28.7 Å². The highest BCUT2D eigenvalue weighted by Gasteiger charge is 2.85. The van der Waals surface area contributed by atoms with E-state index in [9.17, 15) is 14.4 Å². The van der Waals surface area contributed by atoms with Crippen LogP contribution < -0.4 is 22.1 Å². The van der Waals surface area contributed by atoms with Gasteiger partial charge in [-0.3, -0.25) is 14.6 Å². The molecule has 0 amide bonds. The number of carbonyl (C=O) groups is 3. The number of nitrogen functional groups attached to an aromatic ring is 1. The Morgan fingerprint density at radius 1 is 1.18 bits per heavy atom. The Labute approximate surface area is 258 Å². The zero-order valence-corrected chi connectivity index (χ0v) is 26.0. The highest BCUT2D eigenvalue weighted by atomic mass is 16.7. The van der Waals surface area contributed by atoms with Gasteiger partial charge in [0.2, 0.25) is 5.78 Å². The van der Waals surface area contributed by atoms with E-state index in [1.54, 1.807) is 43.6 Å². The molecule has 4 atom stereocenters. The van der Waals surface area contributed by atoms with Crippen LogP contribution in [0.25, 0.3) is 0 Å². The van der Waals surface area contributed by atoms with Crippen molar-refractivity contribution in [2.24, 2.45) is 16.6 Å². The van der Waals surface area contributed by atoms with Crippen molar-refractivity contribution in [2.45, 2.75) is 70.1 Å². The summed E-state index contributed by atoms with van der Waals surface area (Å²) in [4.78, 5) is 49.7. The van der Waals surface area contributed by atoms with E-state index in [0.29, 0.717) is 18.8 Å². The van der Waals surface area contributed by atoms with Gasteiger partial charge < -0.3 is 31.6 Å². The Morgan fingerprint density at radius 2 is 1.91 bits per heavy atom. The molecule has 1 aliphatic heterocycles. The summed E-state index contributed by atoms with van der Waals surface area (Å²) < 4.78 is 11.8. The lowest BCUT2D eigenvalue weighted by Crippen LogP contribution is -2.50. The van der Waals surface area contributed by atoms with Gasteiger partial charge in [-0.2, -0.15) is 0 Å². The van der Waals surface area contributed by atoms with Gasteiger partial charge in [0.15, 0.2) is 17.3 Å². The van der Waals surface area contributed by atoms with Gasteiger partial charge in [0, 0.05) is 43.3 Å². The van der Waals surface area contributed by atoms with Crippen LogP contribution in [-0.2, 0) is 14.3 Å². The quantitative estimate of drug-likeness (QED) is 0.0588. The average Bonchev–Trinajstić information content (AvgIpc) is 3.74. The Hall–Kier alpha value is -4.09. The van der Waals surface area contributed by atoms with Crippen LogP contribution in [0.1, 0.15) is 85.2 Å². The first-order chi connectivity index (χ1) is 21.1. The fourth-order valence-electron chi connectivity index (χ4n) is 5.82. The van der Waals surface area contributed by atoms with Gasteiger partial charge in [0.25, 0.3) is 5.60 Å². The number of ketones is 2. The summed E-state index contributed by atoms with van der Waals surface area (Å²) in [7, 11) is 1.58. The number of Topliss-reactive ketones (excluding diaryl/α,β-unsaturated/α-hetero) is 2. The predicted molar refractivity (Wildman–Crippen MR) is 169 cm³/mol. The standard InChI is InChI=1S/C33H44N6O5/c1-5-7-10-22(19-37-6-2)20-43-30(42)33-29(41)25-12-9-8-11-24(25)28(40)32(33,44-33)15-13-21(3)17-26(39-31(35)36-4)23-14-16-38-27(34)18-23/h8-9,11-14,16,18,22,26,37H,5-7,10,15,17,19-20H2,1-4H3,(H2,34,38)(H3,35,36,39). The monoisotopic (exact) mass is 604 g/mol. The zero-order valence-electron chi connectivity index (χ0n) is 26.0. The van der Waals surface area contributed by atoms with Crippen LogP contribution in [0.4, 0.5) is 5.82 Å². The molecule has 11 nitrogen and oxygen atoms in total. The first-order valence-electron chi connectivity index (χ1n) is 15.3. The van der Waals surface area contributed by atoms with E-state index >= 15 is 0 Å². The van der Waals surface area contributed by atoms with Crippen molar-refractivity contribution in [1.29, 1.82) is 0 Å². The third-order valence-electron chi connectivity index (χ3n) is 8.38. The smallest absolute Gasteiger partial charge is 0.350 e. The van der Waals surface area contributed by atoms with E-state index in [1.807, 2.05) is 26.0 Å². The maximum Gasteiger partial charge on any atom is 0.350 e. The number of nitrogens with two attached hydrogens (primary N) is 2. The molecular weight excluding hydrogens is 560 g/mol. The maximum absolute atomic E-state index is 13.9. The molecule has 1 aromatic heterocycles. The van der Waals surface area contributed by atoms with Crippen molar-refractivity contribution in [1.82, 2.24) is 15.6 Å². The minimum atomic E-state index is -2.01. The summed E-state index contributed by atoms with van der Waals surface area (Å²) >= 11 is 0. The number of hydrogen-bond acceptors (Lipinski definition) is 9. The van der Waals surface area contributed by atoms with Gasteiger partial charge in [0.1, 0.15) is 5.82 Å². The number of aliphatic imine (C=N–C) groups is 1. The Balaban J connectivity index is 1.60. The zero-order chi connectivity index (χ0) is 31.9. The van der Waals surface area contributed by atoms with Gasteiger partial charge in [0.05, 0.1) is 12.6 Å². The third-order valence-corrected chi connectivity index (χ3v) is 8.38. The van der Waals surface area contributed by atoms with E-state index in [0.717, 1.165) is 36.9 Å². The molecule has 2 aromatic rings. The van der Waals surface area contributed by atoms with E-state index in [1.165, 1.54) is 0 Å². The van der Waals surface area contributed by atoms with Crippen LogP contribution in [0.5, 0.6) is 0 Å². The highest BCUT2D eigenvalue weighted by Crippen LogP contribution is 2.58. The van der Waals surface area contributed by atoms with Gasteiger partial charge >= 0.3 is 5.97 Å². The predicted octanol–water partition coefficient (Wildman–Crippen LogP) is 3.51. The van der Waals surface area contributed by atoms with E-state index in [2.05, 4.69) is 27.5 Å². The minimum absolute atomic E-state index is 0.0199. The molecule has 4 unspecified atom stereocenters. The molecule has 6 N–H and O–H groups in total. The lowest BCUT2D eigenvalue weighted by molar-refractivity contribution is -0.149. The summed E-state index contributed by atoms with van der Waals surface area (Å²) in [6, 6.07) is 9.81. The normalized spacial score (nSPS) is 22.5. The molecule has 236 valence electrons. The number of aromatic nitrogens is 1. The molecule has 1 saturated heterocycles. The second-order valence-electron chi connectivity index (χ2n) is 11.5. The molecule has 2 aliphatic rings. The first kappa shape index (κ1) is 32.8. The molecule has 1 fully saturated rings. The number of hydrogen-bond donors (Lipinski definition) is 4. The lowest BCUT2D eigenvalue weighted by Gasteiger charge is -2.25. The molecule has 11 heteroatoms. The van der Waals surface area contributed by atoms with Gasteiger partial charge in [-0.05, 0) is 44.0 Å². The number of rotatable bonds is 15. The molecule has 2 heterocycles. The second-order valence-corrected chi connectivity index (χ2v) is 11.5.